The largest absolute Gasteiger partial charge is 0.368 e. The van der Waals surface area contributed by atoms with Crippen molar-refractivity contribution in [3.05, 3.63) is 71.8 Å². The van der Waals surface area contributed by atoms with Gasteiger partial charge < -0.3 is 15.4 Å². The van der Waals surface area contributed by atoms with Crippen LogP contribution >= 0.6 is 0 Å². The minimum atomic E-state index is -0.812. The van der Waals surface area contributed by atoms with Gasteiger partial charge in [-0.15, -0.1) is 0 Å². The molecule has 0 bridgehead atoms. The van der Waals surface area contributed by atoms with Crippen molar-refractivity contribution in [2.45, 2.75) is 50.8 Å². The first-order chi connectivity index (χ1) is 14.3. The zero-order valence-corrected chi connectivity index (χ0v) is 17.6. The molecule has 1 fully saturated rings. The number of nitrogens with one attached hydrogen (secondary N) is 2. The van der Waals surface area contributed by atoms with Crippen LogP contribution in [0.4, 0.5) is 0 Å². The molecule has 0 saturated carbocycles. The summed E-state index contributed by atoms with van der Waals surface area (Å²) in [6, 6.07) is 17.1. The van der Waals surface area contributed by atoms with Gasteiger partial charge in [-0.1, -0.05) is 62.4 Å². The van der Waals surface area contributed by atoms with E-state index >= 15 is 0 Å². The average molecular weight is 408 g/mol. The van der Waals surface area contributed by atoms with Crippen LogP contribution in [-0.2, 0) is 19.7 Å². The number of carbonyl (C=O) groups is 3. The third kappa shape index (κ3) is 5.13. The first-order valence-electron chi connectivity index (χ1n) is 10.1. The van der Waals surface area contributed by atoms with Gasteiger partial charge in [-0.3, -0.25) is 14.4 Å². The number of hydrogen-bond acceptors (Lipinski definition) is 4. The van der Waals surface area contributed by atoms with Crippen molar-refractivity contribution in [1.29, 1.82) is 0 Å². The molecular weight excluding hydrogens is 380 g/mol. The van der Waals surface area contributed by atoms with E-state index < -0.39 is 18.2 Å². The molecule has 3 rings (SSSR count). The van der Waals surface area contributed by atoms with Crippen LogP contribution in [0.1, 0.15) is 43.1 Å². The normalized spacial score (nSPS) is 19.9. The Balaban J connectivity index is 1.81. The fraction of sp³-hybridized carbons (Fsp3) is 0.375. The summed E-state index contributed by atoms with van der Waals surface area (Å²) in [6.07, 6.45) is -0.0218. The maximum Gasteiger partial charge on any atom is 0.251 e. The highest BCUT2D eigenvalue weighted by Crippen LogP contribution is 2.28. The smallest absolute Gasteiger partial charge is 0.251 e. The Labute approximate surface area is 177 Å². The fourth-order valence-electron chi connectivity index (χ4n) is 3.67. The summed E-state index contributed by atoms with van der Waals surface area (Å²) < 4.78 is 5.33. The lowest BCUT2D eigenvalue weighted by molar-refractivity contribution is -0.127. The number of benzene rings is 2. The highest BCUT2D eigenvalue weighted by atomic mass is 16.5. The molecule has 0 aromatic heterocycles. The highest BCUT2D eigenvalue weighted by molar-refractivity contribution is 5.99. The highest BCUT2D eigenvalue weighted by Gasteiger charge is 2.37. The fourth-order valence-corrected chi connectivity index (χ4v) is 3.67. The zero-order chi connectivity index (χ0) is 21.7. The molecule has 6 heteroatoms. The van der Waals surface area contributed by atoms with Crippen molar-refractivity contribution >= 4 is 17.6 Å². The third-order valence-corrected chi connectivity index (χ3v) is 5.53. The number of amides is 2. The van der Waals surface area contributed by atoms with E-state index in [-0.39, 0.29) is 29.6 Å². The van der Waals surface area contributed by atoms with E-state index in [4.69, 9.17) is 4.74 Å². The van der Waals surface area contributed by atoms with Gasteiger partial charge in [-0.05, 0) is 36.5 Å². The Bertz CT molecular complexity index is 896. The molecule has 2 aromatic carbocycles. The molecule has 0 aliphatic carbocycles. The number of hydrogen-bond donors (Lipinski definition) is 2. The van der Waals surface area contributed by atoms with Crippen LogP contribution in [0.2, 0.25) is 0 Å². The van der Waals surface area contributed by atoms with Gasteiger partial charge in [-0.25, -0.2) is 0 Å². The van der Waals surface area contributed by atoms with Gasteiger partial charge in [0, 0.05) is 5.56 Å². The molecule has 2 aromatic rings. The molecule has 1 unspecified atom stereocenters. The Morgan fingerprint density at radius 2 is 1.67 bits per heavy atom. The van der Waals surface area contributed by atoms with Crippen LogP contribution < -0.4 is 10.6 Å². The second-order valence-corrected chi connectivity index (χ2v) is 8.31. The summed E-state index contributed by atoms with van der Waals surface area (Å²) >= 11 is 0. The number of Topliss-reactive ketones (excluding diaryl/α,β-unsaturated/α-hetero) is 1. The lowest BCUT2D eigenvalue weighted by Crippen LogP contribution is -2.54. The summed E-state index contributed by atoms with van der Waals surface area (Å²) in [4.78, 5) is 38.0. The summed E-state index contributed by atoms with van der Waals surface area (Å²) in [5, 5.41) is 5.64. The molecule has 6 nitrogen and oxygen atoms in total. The molecule has 2 N–H and O–H groups in total. The second kappa shape index (κ2) is 9.22. The molecule has 1 aliphatic heterocycles. The van der Waals surface area contributed by atoms with Crippen LogP contribution in [0, 0.1) is 0 Å². The van der Waals surface area contributed by atoms with Crippen molar-refractivity contribution in [3.63, 3.8) is 0 Å². The van der Waals surface area contributed by atoms with Gasteiger partial charge in [0.15, 0.2) is 5.78 Å². The van der Waals surface area contributed by atoms with Gasteiger partial charge in [0.25, 0.3) is 5.91 Å². The standard InChI is InChI=1S/C24H28N2O4/c1-16-21(20(27)15-30-16)26-23(29)19(25-22(28)17-10-6-4-7-11-17)14-24(2,3)18-12-8-5-9-13-18/h4-13,16,19,21H,14-15H2,1-3H3,(H,25,28)(H,26,29)/t16-,19?,21-/m0/s1. The predicted molar refractivity (Wildman–Crippen MR) is 114 cm³/mol. The summed E-state index contributed by atoms with van der Waals surface area (Å²) in [6.45, 7) is 5.80. The maximum absolute atomic E-state index is 13.1. The van der Waals surface area contributed by atoms with Crippen LogP contribution in [-0.4, -0.2) is 42.4 Å². The quantitative estimate of drug-likeness (QED) is 0.738. The lowest BCUT2D eigenvalue weighted by Gasteiger charge is -2.31. The van der Waals surface area contributed by atoms with E-state index in [2.05, 4.69) is 10.6 Å². The minimum absolute atomic E-state index is 0.0112. The van der Waals surface area contributed by atoms with Crippen molar-refractivity contribution in [2.75, 3.05) is 6.61 Å². The van der Waals surface area contributed by atoms with Gasteiger partial charge >= 0.3 is 0 Å². The van der Waals surface area contributed by atoms with E-state index in [0.29, 0.717) is 12.0 Å². The summed E-state index contributed by atoms with van der Waals surface area (Å²) in [5.74, 6) is -0.882. The van der Waals surface area contributed by atoms with Crippen molar-refractivity contribution < 1.29 is 19.1 Å². The SMILES string of the molecule is C[C@@H]1OCC(=O)[C@H]1NC(=O)C(CC(C)(C)c1ccccc1)NC(=O)c1ccccc1. The second-order valence-electron chi connectivity index (χ2n) is 8.31. The summed E-state index contributed by atoms with van der Waals surface area (Å²) in [5.41, 5.74) is 1.15. The minimum Gasteiger partial charge on any atom is -0.368 e. The Hall–Kier alpha value is -2.99. The third-order valence-electron chi connectivity index (χ3n) is 5.53. The first kappa shape index (κ1) is 21.7. The van der Waals surface area contributed by atoms with Gasteiger partial charge in [0.2, 0.25) is 5.91 Å². The molecular formula is C24H28N2O4. The maximum atomic E-state index is 13.1. The first-order valence-corrected chi connectivity index (χ1v) is 10.1. The van der Waals surface area contributed by atoms with E-state index in [1.165, 1.54) is 0 Å². The molecule has 0 spiro atoms. The van der Waals surface area contributed by atoms with Crippen molar-refractivity contribution in [3.8, 4) is 0 Å². The van der Waals surface area contributed by atoms with E-state index in [1.54, 1.807) is 31.2 Å². The molecule has 2 amide bonds. The van der Waals surface area contributed by atoms with E-state index in [0.717, 1.165) is 5.56 Å². The molecule has 0 radical (unpaired) electrons. The van der Waals surface area contributed by atoms with Crippen LogP contribution in [0.5, 0.6) is 0 Å². The predicted octanol–water partition coefficient (Wildman–Crippen LogP) is 2.63. The monoisotopic (exact) mass is 408 g/mol. The molecule has 1 aliphatic rings. The topological polar surface area (TPSA) is 84.5 Å². The molecule has 158 valence electrons. The molecule has 30 heavy (non-hydrogen) atoms. The molecule has 1 heterocycles. The average Bonchev–Trinajstić information content (AvgIpc) is 3.06. The number of carbonyl (C=O) groups excluding carboxylic acids is 3. The van der Waals surface area contributed by atoms with Crippen molar-refractivity contribution in [1.82, 2.24) is 10.6 Å². The Kier molecular flexibility index (Phi) is 6.67. The summed E-state index contributed by atoms with van der Waals surface area (Å²) in [7, 11) is 0. The molecule has 1 saturated heterocycles. The number of ketones is 1. The van der Waals surface area contributed by atoms with Gasteiger partial charge in [0.1, 0.15) is 18.7 Å². The lowest BCUT2D eigenvalue weighted by atomic mass is 9.78. The van der Waals surface area contributed by atoms with E-state index in [9.17, 15) is 14.4 Å². The van der Waals surface area contributed by atoms with Crippen molar-refractivity contribution in [2.24, 2.45) is 0 Å². The van der Waals surface area contributed by atoms with Gasteiger partial charge in [-0.2, -0.15) is 0 Å². The number of rotatable bonds is 7. The van der Waals surface area contributed by atoms with Crippen LogP contribution in [0.15, 0.2) is 60.7 Å². The zero-order valence-electron chi connectivity index (χ0n) is 17.6. The van der Waals surface area contributed by atoms with Gasteiger partial charge in [0.05, 0.1) is 6.10 Å². The Morgan fingerprint density at radius 1 is 1.07 bits per heavy atom. The van der Waals surface area contributed by atoms with Crippen LogP contribution in [0.25, 0.3) is 0 Å². The number of ether oxygens (including phenoxy) is 1. The molecule has 3 atom stereocenters. The van der Waals surface area contributed by atoms with E-state index in [1.807, 2.05) is 50.2 Å². The Morgan fingerprint density at radius 3 is 2.23 bits per heavy atom. The van der Waals surface area contributed by atoms with Crippen LogP contribution in [0.3, 0.4) is 0 Å².